The van der Waals surface area contributed by atoms with Gasteiger partial charge < -0.3 is 14.5 Å². The molecule has 21 heavy (non-hydrogen) atoms. The summed E-state index contributed by atoms with van der Waals surface area (Å²) in [5.74, 6) is 0.887. The molecule has 1 saturated heterocycles. The topological polar surface area (TPSA) is 15.7 Å². The maximum absolute atomic E-state index is 5.31. The predicted molar refractivity (Wildman–Crippen MR) is 87.0 cm³/mol. The Labute approximate surface area is 126 Å². The van der Waals surface area contributed by atoms with Crippen LogP contribution in [0, 0.1) is 6.07 Å². The van der Waals surface area contributed by atoms with E-state index < -0.39 is 0 Å². The molecule has 3 rings (SSSR count). The number of methoxy groups -OCH3 is 1. The zero-order valence-electron chi connectivity index (χ0n) is 12.7. The minimum atomic E-state index is 0.887. The summed E-state index contributed by atoms with van der Waals surface area (Å²) in [6, 6.07) is 17.8. The second kappa shape index (κ2) is 6.19. The van der Waals surface area contributed by atoms with Crippen molar-refractivity contribution in [3.8, 4) is 16.9 Å². The summed E-state index contributed by atoms with van der Waals surface area (Å²) in [4.78, 5) is 4.80. The molecular weight excluding hydrogens is 260 g/mol. The first kappa shape index (κ1) is 14.0. The number of hydrogen-bond acceptors (Lipinski definition) is 3. The van der Waals surface area contributed by atoms with E-state index in [1.165, 1.54) is 16.8 Å². The molecule has 3 nitrogen and oxygen atoms in total. The Bertz CT molecular complexity index is 604. The van der Waals surface area contributed by atoms with E-state index in [0.717, 1.165) is 31.9 Å². The summed E-state index contributed by atoms with van der Waals surface area (Å²) < 4.78 is 5.31. The molecule has 1 radical (unpaired) electrons. The van der Waals surface area contributed by atoms with Crippen molar-refractivity contribution in [2.45, 2.75) is 0 Å². The highest BCUT2D eigenvalue weighted by Crippen LogP contribution is 2.27. The summed E-state index contributed by atoms with van der Waals surface area (Å²) in [7, 11) is 3.88. The minimum Gasteiger partial charge on any atom is -0.497 e. The van der Waals surface area contributed by atoms with Crippen LogP contribution in [-0.4, -0.2) is 45.2 Å². The number of piperazine rings is 1. The third-order valence-corrected chi connectivity index (χ3v) is 4.04. The largest absolute Gasteiger partial charge is 0.497 e. The van der Waals surface area contributed by atoms with E-state index in [0.29, 0.717) is 0 Å². The van der Waals surface area contributed by atoms with Crippen LogP contribution in [0.15, 0.2) is 42.5 Å². The zero-order chi connectivity index (χ0) is 14.7. The van der Waals surface area contributed by atoms with Crippen LogP contribution in [0.5, 0.6) is 5.75 Å². The Morgan fingerprint density at radius 2 is 1.81 bits per heavy atom. The molecule has 0 bridgehead atoms. The average molecular weight is 281 g/mol. The number of benzene rings is 2. The first-order valence-corrected chi connectivity index (χ1v) is 7.35. The number of anilines is 1. The standard InChI is InChI=1S/C18H21N2O/c1-19-9-11-20(12-10-19)17-7-3-5-15(13-17)16-6-4-8-18(14-16)21-2/h4-8,13-14H,9-12H2,1-2H3. The van der Waals surface area contributed by atoms with Crippen LogP contribution < -0.4 is 9.64 Å². The first-order chi connectivity index (χ1) is 10.3. The maximum Gasteiger partial charge on any atom is 0.119 e. The third-order valence-electron chi connectivity index (χ3n) is 4.04. The molecular formula is C18H21N2O. The van der Waals surface area contributed by atoms with Gasteiger partial charge in [-0.1, -0.05) is 12.1 Å². The Hall–Kier alpha value is -2.00. The van der Waals surface area contributed by atoms with Gasteiger partial charge in [0.05, 0.1) is 7.11 Å². The van der Waals surface area contributed by atoms with Crippen LogP contribution in [0.2, 0.25) is 0 Å². The predicted octanol–water partition coefficient (Wildman–Crippen LogP) is 2.91. The normalized spacial score (nSPS) is 16.0. The van der Waals surface area contributed by atoms with Gasteiger partial charge in [-0.2, -0.15) is 0 Å². The van der Waals surface area contributed by atoms with Gasteiger partial charge >= 0.3 is 0 Å². The van der Waals surface area contributed by atoms with Crippen molar-refractivity contribution < 1.29 is 4.74 Å². The van der Waals surface area contributed by atoms with E-state index in [1.54, 1.807) is 7.11 Å². The molecule has 0 aromatic heterocycles. The van der Waals surface area contributed by atoms with Crippen molar-refractivity contribution in [3.63, 3.8) is 0 Å². The fourth-order valence-corrected chi connectivity index (χ4v) is 2.68. The number of ether oxygens (including phenoxy) is 1. The lowest BCUT2D eigenvalue weighted by atomic mass is 10.0. The van der Waals surface area contributed by atoms with Crippen LogP contribution in [0.25, 0.3) is 11.1 Å². The summed E-state index contributed by atoms with van der Waals surface area (Å²) in [6.07, 6.45) is 0. The van der Waals surface area contributed by atoms with Crippen molar-refractivity contribution >= 4 is 5.69 Å². The molecule has 0 N–H and O–H groups in total. The smallest absolute Gasteiger partial charge is 0.119 e. The molecule has 0 saturated carbocycles. The quantitative estimate of drug-likeness (QED) is 0.860. The lowest BCUT2D eigenvalue weighted by molar-refractivity contribution is 0.313. The summed E-state index contributed by atoms with van der Waals surface area (Å²) >= 11 is 0. The van der Waals surface area contributed by atoms with E-state index in [2.05, 4.69) is 47.2 Å². The van der Waals surface area contributed by atoms with E-state index >= 15 is 0 Å². The monoisotopic (exact) mass is 281 g/mol. The maximum atomic E-state index is 5.31. The van der Waals surface area contributed by atoms with Gasteiger partial charge in [0.1, 0.15) is 5.75 Å². The molecule has 1 aliphatic rings. The lowest BCUT2D eigenvalue weighted by Crippen LogP contribution is -2.44. The van der Waals surface area contributed by atoms with Gasteiger partial charge in [0.2, 0.25) is 0 Å². The second-order valence-electron chi connectivity index (χ2n) is 5.50. The van der Waals surface area contributed by atoms with Crippen molar-refractivity contribution in [1.29, 1.82) is 0 Å². The van der Waals surface area contributed by atoms with E-state index in [-0.39, 0.29) is 0 Å². The lowest BCUT2D eigenvalue weighted by Gasteiger charge is -2.34. The zero-order valence-corrected chi connectivity index (χ0v) is 12.7. The van der Waals surface area contributed by atoms with Gasteiger partial charge in [0, 0.05) is 31.9 Å². The molecule has 0 spiro atoms. The van der Waals surface area contributed by atoms with Gasteiger partial charge in [-0.25, -0.2) is 0 Å². The molecule has 0 unspecified atom stereocenters. The third kappa shape index (κ3) is 3.19. The molecule has 0 aliphatic carbocycles. The molecule has 0 atom stereocenters. The molecule has 1 heterocycles. The highest BCUT2D eigenvalue weighted by Gasteiger charge is 2.14. The summed E-state index contributed by atoms with van der Waals surface area (Å²) in [5.41, 5.74) is 3.61. The number of hydrogen-bond donors (Lipinski definition) is 0. The average Bonchev–Trinajstić information content (AvgIpc) is 2.56. The fourth-order valence-electron chi connectivity index (χ4n) is 2.68. The number of rotatable bonds is 3. The van der Waals surface area contributed by atoms with Gasteiger partial charge in [-0.15, -0.1) is 0 Å². The van der Waals surface area contributed by atoms with Gasteiger partial charge in [0.15, 0.2) is 0 Å². The van der Waals surface area contributed by atoms with Crippen molar-refractivity contribution in [1.82, 2.24) is 4.90 Å². The van der Waals surface area contributed by atoms with E-state index in [1.807, 2.05) is 18.2 Å². The van der Waals surface area contributed by atoms with Crippen LogP contribution in [0.3, 0.4) is 0 Å². The van der Waals surface area contributed by atoms with Crippen molar-refractivity contribution in [2.24, 2.45) is 0 Å². The van der Waals surface area contributed by atoms with E-state index in [4.69, 9.17) is 4.74 Å². The summed E-state index contributed by atoms with van der Waals surface area (Å²) in [6.45, 7) is 4.38. The first-order valence-electron chi connectivity index (χ1n) is 7.35. The molecule has 2 aromatic carbocycles. The Morgan fingerprint density at radius 3 is 2.57 bits per heavy atom. The molecule has 3 heteroatoms. The molecule has 109 valence electrons. The molecule has 0 amide bonds. The fraction of sp³-hybridized carbons (Fsp3) is 0.333. The highest BCUT2D eigenvalue weighted by atomic mass is 16.5. The van der Waals surface area contributed by atoms with Crippen LogP contribution >= 0.6 is 0 Å². The van der Waals surface area contributed by atoms with Crippen LogP contribution in [-0.2, 0) is 0 Å². The van der Waals surface area contributed by atoms with Gasteiger partial charge in [-0.3, -0.25) is 0 Å². The number of likely N-dealkylation sites (N-methyl/N-ethyl adjacent to an activating group) is 1. The van der Waals surface area contributed by atoms with Crippen molar-refractivity contribution in [3.05, 3.63) is 48.5 Å². The van der Waals surface area contributed by atoms with Crippen molar-refractivity contribution in [2.75, 3.05) is 45.2 Å². The molecule has 2 aromatic rings. The van der Waals surface area contributed by atoms with Crippen LogP contribution in [0.4, 0.5) is 5.69 Å². The Morgan fingerprint density at radius 1 is 1.00 bits per heavy atom. The minimum absolute atomic E-state index is 0.887. The molecule has 1 aliphatic heterocycles. The Kier molecular flexibility index (Phi) is 4.11. The van der Waals surface area contributed by atoms with Crippen LogP contribution in [0.1, 0.15) is 0 Å². The SMILES string of the molecule is COc1cccc(-c2c[c]cc(N3CCN(C)CC3)c2)c1. The second-order valence-corrected chi connectivity index (χ2v) is 5.50. The summed E-state index contributed by atoms with van der Waals surface area (Å²) in [5, 5.41) is 0. The highest BCUT2D eigenvalue weighted by molar-refractivity contribution is 5.69. The molecule has 1 fully saturated rings. The van der Waals surface area contributed by atoms with E-state index in [9.17, 15) is 0 Å². The number of nitrogens with zero attached hydrogens (tertiary/aromatic N) is 2. The van der Waals surface area contributed by atoms with Gasteiger partial charge in [0.25, 0.3) is 0 Å². The van der Waals surface area contributed by atoms with Gasteiger partial charge in [-0.05, 0) is 54.6 Å². The Balaban J connectivity index is 1.85.